The first-order valence-corrected chi connectivity index (χ1v) is 10.7. The molecule has 0 unspecified atom stereocenters. The second-order valence-corrected chi connectivity index (χ2v) is 7.99. The van der Waals surface area contributed by atoms with Gasteiger partial charge in [0.1, 0.15) is 10.8 Å². The van der Waals surface area contributed by atoms with Gasteiger partial charge in [-0.2, -0.15) is 0 Å². The third kappa shape index (κ3) is 4.66. The highest BCUT2D eigenvalue weighted by Gasteiger charge is 2.16. The highest BCUT2D eigenvalue weighted by Crippen LogP contribution is 2.27. The van der Waals surface area contributed by atoms with Gasteiger partial charge < -0.3 is 9.73 Å². The maximum Gasteiger partial charge on any atom is 0.289 e. The van der Waals surface area contributed by atoms with Crippen molar-refractivity contribution < 1.29 is 14.1 Å². The number of halogens is 1. The lowest BCUT2D eigenvalue weighted by molar-refractivity contribution is -0.384. The van der Waals surface area contributed by atoms with E-state index in [-0.39, 0.29) is 34.3 Å². The van der Waals surface area contributed by atoms with Crippen LogP contribution < -0.4 is 10.9 Å². The van der Waals surface area contributed by atoms with Gasteiger partial charge >= 0.3 is 0 Å². The van der Waals surface area contributed by atoms with Crippen LogP contribution in [0.5, 0.6) is 0 Å². The molecule has 0 spiro atoms. The summed E-state index contributed by atoms with van der Waals surface area (Å²) in [5.41, 5.74) is 0.208. The summed E-state index contributed by atoms with van der Waals surface area (Å²) in [6.45, 7) is 0.164. The lowest BCUT2D eigenvalue weighted by Gasteiger charge is -2.12. The van der Waals surface area contributed by atoms with Crippen molar-refractivity contribution in [3.05, 3.63) is 92.1 Å². The Labute approximate surface area is 190 Å². The minimum Gasteiger partial charge on any atom is -0.467 e. The molecule has 32 heavy (non-hydrogen) atoms. The number of carbonyl (C=O) groups is 1. The zero-order valence-electron chi connectivity index (χ0n) is 16.4. The summed E-state index contributed by atoms with van der Waals surface area (Å²) in [6, 6.07) is 14.4. The standard InChI is InChI=1S/C21H15ClN4O5S/c22-16-8-7-13(10-18(16)26(29)30)23-19(27)12-32-21-24-17-6-2-1-5-15(17)20(28)25(21)11-14-4-3-9-31-14/h1-10H,11-12H2,(H,23,27). The van der Waals surface area contributed by atoms with Gasteiger partial charge in [0.05, 0.1) is 34.4 Å². The second-order valence-electron chi connectivity index (χ2n) is 6.64. The SMILES string of the molecule is O=C(CSc1nc2ccccc2c(=O)n1Cc1ccco1)Nc1ccc(Cl)c([N+](=O)[O-])c1. The van der Waals surface area contributed by atoms with E-state index in [1.165, 1.54) is 29.0 Å². The van der Waals surface area contributed by atoms with Gasteiger partial charge in [-0.05, 0) is 36.4 Å². The van der Waals surface area contributed by atoms with Crippen LogP contribution >= 0.6 is 23.4 Å². The van der Waals surface area contributed by atoms with Crippen LogP contribution in [0.1, 0.15) is 5.76 Å². The molecule has 0 atom stereocenters. The second kappa shape index (κ2) is 9.25. The number of furan rings is 1. The van der Waals surface area contributed by atoms with Crippen LogP contribution in [0, 0.1) is 10.1 Å². The predicted octanol–water partition coefficient (Wildman–Crippen LogP) is 4.33. The van der Waals surface area contributed by atoms with Crippen LogP contribution in [-0.2, 0) is 11.3 Å². The van der Waals surface area contributed by atoms with E-state index in [1.54, 1.807) is 36.4 Å². The molecule has 162 valence electrons. The Kier molecular flexibility index (Phi) is 6.24. The molecule has 0 fully saturated rings. The predicted molar refractivity (Wildman–Crippen MR) is 121 cm³/mol. The molecular formula is C21H15ClN4O5S. The van der Waals surface area contributed by atoms with E-state index < -0.39 is 10.8 Å². The molecule has 11 heteroatoms. The van der Waals surface area contributed by atoms with Crippen molar-refractivity contribution in [2.75, 3.05) is 11.1 Å². The number of rotatable bonds is 7. The minimum absolute atomic E-state index is 0.0234. The zero-order chi connectivity index (χ0) is 22.7. The van der Waals surface area contributed by atoms with E-state index in [4.69, 9.17) is 16.0 Å². The number of amides is 1. The van der Waals surface area contributed by atoms with Gasteiger partial charge in [0.25, 0.3) is 11.2 Å². The number of fused-ring (bicyclic) bond motifs is 1. The average molecular weight is 471 g/mol. The Balaban J connectivity index is 1.57. The fourth-order valence-corrected chi connectivity index (χ4v) is 4.00. The van der Waals surface area contributed by atoms with E-state index in [1.807, 2.05) is 0 Å². The summed E-state index contributed by atoms with van der Waals surface area (Å²) < 4.78 is 6.81. The highest BCUT2D eigenvalue weighted by molar-refractivity contribution is 7.99. The van der Waals surface area contributed by atoms with E-state index in [0.29, 0.717) is 21.8 Å². The van der Waals surface area contributed by atoms with Crippen molar-refractivity contribution in [1.82, 2.24) is 9.55 Å². The number of nitrogens with one attached hydrogen (secondary N) is 1. The van der Waals surface area contributed by atoms with Crippen molar-refractivity contribution >= 4 is 51.5 Å². The van der Waals surface area contributed by atoms with Gasteiger partial charge in [0.15, 0.2) is 5.16 Å². The summed E-state index contributed by atoms with van der Waals surface area (Å²) in [7, 11) is 0. The van der Waals surface area contributed by atoms with Crippen LogP contribution in [0.25, 0.3) is 10.9 Å². The number of carbonyl (C=O) groups excluding carboxylic acids is 1. The van der Waals surface area contributed by atoms with Crippen LogP contribution in [0.4, 0.5) is 11.4 Å². The molecule has 4 rings (SSSR count). The van der Waals surface area contributed by atoms with E-state index in [2.05, 4.69) is 10.3 Å². The van der Waals surface area contributed by atoms with Crippen LogP contribution in [0.15, 0.2) is 75.2 Å². The first kappa shape index (κ1) is 21.6. The third-order valence-electron chi connectivity index (χ3n) is 4.48. The highest BCUT2D eigenvalue weighted by atomic mass is 35.5. The lowest BCUT2D eigenvalue weighted by atomic mass is 10.2. The number of anilines is 1. The summed E-state index contributed by atoms with van der Waals surface area (Å²) in [5.74, 6) is 0.0850. The molecular weight excluding hydrogens is 456 g/mol. The summed E-state index contributed by atoms with van der Waals surface area (Å²) >= 11 is 6.88. The summed E-state index contributed by atoms with van der Waals surface area (Å²) in [6.07, 6.45) is 1.51. The Bertz CT molecular complexity index is 1370. The Morgan fingerprint density at radius 2 is 2.03 bits per heavy atom. The Hall–Kier alpha value is -3.63. The fourth-order valence-electron chi connectivity index (χ4n) is 3.01. The van der Waals surface area contributed by atoms with Crippen molar-refractivity contribution in [2.24, 2.45) is 0 Å². The van der Waals surface area contributed by atoms with E-state index >= 15 is 0 Å². The lowest BCUT2D eigenvalue weighted by Crippen LogP contribution is -2.24. The van der Waals surface area contributed by atoms with Crippen LogP contribution in [0.2, 0.25) is 5.02 Å². The molecule has 1 amide bonds. The van der Waals surface area contributed by atoms with Crippen molar-refractivity contribution in [3.8, 4) is 0 Å². The number of nitro groups is 1. The molecule has 0 radical (unpaired) electrons. The summed E-state index contributed by atoms with van der Waals surface area (Å²) in [4.78, 5) is 40.4. The number of hydrogen-bond donors (Lipinski definition) is 1. The normalized spacial score (nSPS) is 10.9. The van der Waals surface area contributed by atoms with Crippen molar-refractivity contribution in [1.29, 1.82) is 0 Å². The van der Waals surface area contributed by atoms with Gasteiger partial charge in [0.2, 0.25) is 5.91 Å². The van der Waals surface area contributed by atoms with Gasteiger partial charge in [-0.1, -0.05) is 35.5 Å². The molecule has 2 aromatic carbocycles. The molecule has 0 aliphatic heterocycles. The molecule has 4 aromatic rings. The molecule has 9 nitrogen and oxygen atoms in total. The van der Waals surface area contributed by atoms with Gasteiger partial charge in [0, 0.05) is 11.8 Å². The van der Waals surface area contributed by atoms with Crippen molar-refractivity contribution in [2.45, 2.75) is 11.7 Å². The largest absolute Gasteiger partial charge is 0.467 e. The molecule has 1 N–H and O–H groups in total. The number of thioether (sulfide) groups is 1. The van der Waals surface area contributed by atoms with Crippen LogP contribution in [0.3, 0.4) is 0 Å². The number of benzene rings is 2. The minimum atomic E-state index is -0.626. The summed E-state index contributed by atoms with van der Waals surface area (Å²) in [5, 5.41) is 14.4. The van der Waals surface area contributed by atoms with E-state index in [0.717, 1.165) is 11.8 Å². The number of para-hydroxylation sites is 1. The Morgan fingerprint density at radius 1 is 1.22 bits per heavy atom. The van der Waals surface area contributed by atoms with Crippen molar-refractivity contribution in [3.63, 3.8) is 0 Å². The number of hydrogen-bond acceptors (Lipinski definition) is 7. The first-order valence-electron chi connectivity index (χ1n) is 9.31. The fraction of sp³-hybridized carbons (Fsp3) is 0.0952. The van der Waals surface area contributed by atoms with Gasteiger partial charge in [-0.25, -0.2) is 4.98 Å². The molecule has 2 heterocycles. The number of nitrogens with zero attached hydrogens (tertiary/aromatic N) is 3. The number of aromatic nitrogens is 2. The maximum atomic E-state index is 13.0. The number of nitro benzene ring substituents is 1. The molecule has 0 aliphatic rings. The molecule has 0 saturated heterocycles. The first-order chi connectivity index (χ1) is 15.4. The van der Waals surface area contributed by atoms with Gasteiger partial charge in [-0.3, -0.25) is 24.3 Å². The topological polar surface area (TPSA) is 120 Å². The smallest absolute Gasteiger partial charge is 0.289 e. The van der Waals surface area contributed by atoms with E-state index in [9.17, 15) is 19.7 Å². The molecule has 0 saturated carbocycles. The van der Waals surface area contributed by atoms with Gasteiger partial charge in [-0.15, -0.1) is 0 Å². The monoisotopic (exact) mass is 470 g/mol. The van der Waals surface area contributed by atoms with Crippen LogP contribution in [-0.4, -0.2) is 26.1 Å². The molecule has 0 bridgehead atoms. The average Bonchev–Trinajstić information content (AvgIpc) is 3.29. The Morgan fingerprint density at radius 3 is 2.78 bits per heavy atom. The third-order valence-corrected chi connectivity index (χ3v) is 5.78. The quantitative estimate of drug-likeness (QED) is 0.185. The molecule has 0 aliphatic carbocycles. The molecule has 2 aromatic heterocycles. The zero-order valence-corrected chi connectivity index (χ0v) is 17.9. The maximum absolute atomic E-state index is 13.0.